The normalized spacial score (nSPS) is 10.3. The van der Waals surface area contributed by atoms with E-state index >= 15 is 0 Å². The number of nitrogens with one attached hydrogen (secondary N) is 2. The summed E-state index contributed by atoms with van der Waals surface area (Å²) in [5, 5.41) is 0. The molecular formula is C19H18N2O4. The summed E-state index contributed by atoms with van der Waals surface area (Å²) < 4.78 is 4.58. The van der Waals surface area contributed by atoms with Crippen LogP contribution < -0.4 is 10.9 Å². The molecule has 0 saturated carbocycles. The fourth-order valence-corrected chi connectivity index (χ4v) is 1.96. The summed E-state index contributed by atoms with van der Waals surface area (Å²) in [4.78, 5) is 35.0. The van der Waals surface area contributed by atoms with Crippen LogP contribution in [0.3, 0.4) is 0 Å². The molecule has 128 valence electrons. The Hall–Kier alpha value is -3.41. The lowest BCUT2D eigenvalue weighted by atomic mass is 10.1. The summed E-state index contributed by atoms with van der Waals surface area (Å²) in [7, 11) is 1.28. The van der Waals surface area contributed by atoms with E-state index in [-0.39, 0.29) is 0 Å². The third-order valence-corrected chi connectivity index (χ3v) is 3.37. The molecule has 0 spiro atoms. The van der Waals surface area contributed by atoms with Crippen LogP contribution in [-0.4, -0.2) is 24.9 Å². The van der Waals surface area contributed by atoms with Crippen LogP contribution in [-0.2, 0) is 9.53 Å². The lowest BCUT2D eigenvalue weighted by Gasteiger charge is -2.06. The van der Waals surface area contributed by atoms with Crippen molar-refractivity contribution in [2.45, 2.75) is 6.92 Å². The second kappa shape index (κ2) is 8.44. The van der Waals surface area contributed by atoms with Crippen LogP contribution in [0.2, 0.25) is 0 Å². The number of benzene rings is 2. The minimum absolute atomic E-state index is 0.301. The minimum atomic E-state index is -0.492. The summed E-state index contributed by atoms with van der Waals surface area (Å²) in [6, 6.07) is 13.5. The molecule has 2 N–H and O–H groups in total. The molecule has 0 saturated heterocycles. The highest BCUT2D eigenvalue weighted by Gasteiger charge is 2.09. The molecule has 6 heteroatoms. The Morgan fingerprint density at radius 2 is 1.48 bits per heavy atom. The number of amides is 2. The summed E-state index contributed by atoms with van der Waals surface area (Å²) in [5.74, 6) is -1.44. The average Bonchev–Trinajstić information content (AvgIpc) is 2.65. The van der Waals surface area contributed by atoms with Gasteiger partial charge in [0.05, 0.1) is 12.7 Å². The van der Waals surface area contributed by atoms with Crippen molar-refractivity contribution in [1.82, 2.24) is 10.9 Å². The van der Waals surface area contributed by atoms with Gasteiger partial charge in [-0.25, -0.2) is 4.79 Å². The van der Waals surface area contributed by atoms with Gasteiger partial charge < -0.3 is 4.74 Å². The molecule has 0 radical (unpaired) electrons. The largest absolute Gasteiger partial charge is 0.465 e. The van der Waals surface area contributed by atoms with Crippen LogP contribution in [0.1, 0.15) is 31.8 Å². The van der Waals surface area contributed by atoms with Crippen LogP contribution in [0, 0.1) is 6.92 Å². The van der Waals surface area contributed by atoms with E-state index in [2.05, 4.69) is 15.6 Å². The monoisotopic (exact) mass is 338 g/mol. The van der Waals surface area contributed by atoms with Gasteiger partial charge in [0.25, 0.3) is 11.8 Å². The van der Waals surface area contributed by atoms with Gasteiger partial charge in [0.1, 0.15) is 0 Å². The molecule has 0 aliphatic carbocycles. The van der Waals surface area contributed by atoms with Crippen molar-refractivity contribution in [3.8, 4) is 0 Å². The van der Waals surface area contributed by atoms with Gasteiger partial charge in [0.15, 0.2) is 0 Å². The maximum atomic E-state index is 11.9. The molecule has 6 nitrogen and oxygen atoms in total. The first-order valence-corrected chi connectivity index (χ1v) is 7.53. The summed E-state index contributed by atoms with van der Waals surface area (Å²) in [6.07, 6.45) is 2.97. The molecule has 0 aromatic heterocycles. The van der Waals surface area contributed by atoms with Crippen LogP contribution in [0.15, 0.2) is 54.6 Å². The second-order valence-corrected chi connectivity index (χ2v) is 5.26. The third-order valence-electron chi connectivity index (χ3n) is 3.37. The van der Waals surface area contributed by atoms with Gasteiger partial charge in [-0.3, -0.25) is 20.4 Å². The van der Waals surface area contributed by atoms with Gasteiger partial charge in [0.2, 0.25) is 0 Å². The first-order valence-electron chi connectivity index (χ1n) is 7.53. The Balaban J connectivity index is 1.87. The number of hydrogen-bond donors (Lipinski definition) is 2. The lowest BCUT2D eigenvalue weighted by molar-refractivity contribution is -0.117. The van der Waals surface area contributed by atoms with Gasteiger partial charge in [0, 0.05) is 11.6 Å². The average molecular weight is 338 g/mol. The van der Waals surface area contributed by atoms with Crippen LogP contribution in [0.5, 0.6) is 0 Å². The highest BCUT2D eigenvalue weighted by molar-refractivity contribution is 5.98. The molecular weight excluding hydrogens is 320 g/mol. The Morgan fingerprint density at radius 1 is 0.880 bits per heavy atom. The van der Waals surface area contributed by atoms with Gasteiger partial charge in [-0.1, -0.05) is 29.8 Å². The topological polar surface area (TPSA) is 84.5 Å². The zero-order valence-corrected chi connectivity index (χ0v) is 13.9. The number of carbonyl (C=O) groups excluding carboxylic acids is 3. The van der Waals surface area contributed by atoms with Crippen molar-refractivity contribution in [1.29, 1.82) is 0 Å². The van der Waals surface area contributed by atoms with E-state index in [1.807, 2.05) is 31.2 Å². The molecule has 0 aliphatic heterocycles. The van der Waals surface area contributed by atoms with Crippen molar-refractivity contribution in [3.05, 3.63) is 76.9 Å². The number of hydrazine groups is 1. The van der Waals surface area contributed by atoms with Gasteiger partial charge >= 0.3 is 5.97 Å². The molecule has 25 heavy (non-hydrogen) atoms. The van der Waals surface area contributed by atoms with E-state index in [4.69, 9.17) is 0 Å². The van der Waals surface area contributed by atoms with Crippen LogP contribution in [0.25, 0.3) is 6.08 Å². The fourth-order valence-electron chi connectivity index (χ4n) is 1.96. The number of carbonyl (C=O) groups is 3. The third kappa shape index (κ3) is 5.31. The second-order valence-electron chi connectivity index (χ2n) is 5.26. The van der Waals surface area contributed by atoms with E-state index in [1.54, 1.807) is 6.08 Å². The van der Waals surface area contributed by atoms with Crippen molar-refractivity contribution in [2.24, 2.45) is 0 Å². The first-order chi connectivity index (χ1) is 12.0. The Labute approximate surface area is 145 Å². The summed E-state index contributed by atoms with van der Waals surface area (Å²) >= 11 is 0. The van der Waals surface area contributed by atoms with Gasteiger partial charge in [-0.05, 0) is 42.8 Å². The molecule has 0 atom stereocenters. The molecule has 2 aromatic rings. The van der Waals surface area contributed by atoms with Crippen molar-refractivity contribution < 1.29 is 19.1 Å². The maximum Gasteiger partial charge on any atom is 0.337 e. The van der Waals surface area contributed by atoms with E-state index in [9.17, 15) is 14.4 Å². The highest BCUT2D eigenvalue weighted by atomic mass is 16.5. The SMILES string of the molecule is COC(=O)c1ccc(C(=O)NNC(=O)/C=C/c2ccc(C)cc2)cc1. The quantitative estimate of drug-likeness (QED) is 0.509. The standard InChI is InChI=1S/C19H18N2O4/c1-13-3-5-14(6-4-13)7-12-17(22)20-21-18(23)15-8-10-16(11-9-15)19(24)25-2/h3-12H,1-2H3,(H,20,22)(H,21,23)/b12-7+. The van der Waals surface area contributed by atoms with E-state index in [0.717, 1.165) is 11.1 Å². The van der Waals surface area contributed by atoms with Crippen LogP contribution in [0.4, 0.5) is 0 Å². The van der Waals surface area contributed by atoms with Crippen molar-refractivity contribution in [2.75, 3.05) is 7.11 Å². The lowest BCUT2D eigenvalue weighted by Crippen LogP contribution is -2.40. The molecule has 0 unspecified atom stereocenters. The zero-order chi connectivity index (χ0) is 18.2. The smallest absolute Gasteiger partial charge is 0.337 e. The molecule has 0 fully saturated rings. The minimum Gasteiger partial charge on any atom is -0.465 e. The summed E-state index contributed by atoms with van der Waals surface area (Å²) in [5.41, 5.74) is 7.25. The number of rotatable bonds is 4. The van der Waals surface area contributed by atoms with E-state index < -0.39 is 17.8 Å². The van der Waals surface area contributed by atoms with Gasteiger partial charge in [-0.2, -0.15) is 0 Å². The molecule has 2 aromatic carbocycles. The van der Waals surface area contributed by atoms with Crippen molar-refractivity contribution >= 4 is 23.9 Å². The molecule has 0 aliphatic rings. The first kappa shape index (κ1) is 17.9. The summed E-state index contributed by atoms with van der Waals surface area (Å²) in [6.45, 7) is 1.98. The number of methoxy groups -OCH3 is 1. The number of aryl methyl sites for hydroxylation is 1. The van der Waals surface area contributed by atoms with E-state index in [1.165, 1.54) is 37.5 Å². The predicted molar refractivity (Wildman–Crippen MR) is 93.6 cm³/mol. The Bertz CT molecular complexity index is 793. The van der Waals surface area contributed by atoms with E-state index in [0.29, 0.717) is 11.1 Å². The molecule has 0 bridgehead atoms. The number of esters is 1. The Morgan fingerprint density at radius 3 is 2.08 bits per heavy atom. The van der Waals surface area contributed by atoms with Crippen molar-refractivity contribution in [3.63, 3.8) is 0 Å². The Kier molecular flexibility index (Phi) is 6.06. The zero-order valence-electron chi connectivity index (χ0n) is 13.9. The molecule has 0 heterocycles. The molecule has 2 rings (SSSR count). The predicted octanol–water partition coefficient (Wildman–Crippen LogP) is 2.26. The van der Waals surface area contributed by atoms with Crippen LogP contribution >= 0.6 is 0 Å². The number of hydrogen-bond acceptors (Lipinski definition) is 4. The maximum absolute atomic E-state index is 11.9. The number of ether oxygens (including phenoxy) is 1. The highest BCUT2D eigenvalue weighted by Crippen LogP contribution is 2.06. The fraction of sp³-hybridized carbons (Fsp3) is 0.105. The molecule has 2 amide bonds. The van der Waals surface area contributed by atoms with Gasteiger partial charge in [-0.15, -0.1) is 0 Å².